The fraction of sp³-hybridized carbons (Fsp3) is 0.364. The van der Waals surface area contributed by atoms with Crippen LogP contribution < -0.4 is 5.32 Å². The summed E-state index contributed by atoms with van der Waals surface area (Å²) in [6, 6.07) is 15.3. The van der Waals surface area contributed by atoms with Crippen molar-refractivity contribution in [1.29, 1.82) is 0 Å². The van der Waals surface area contributed by atoms with Crippen LogP contribution >= 0.6 is 11.6 Å². The van der Waals surface area contributed by atoms with E-state index >= 15 is 0 Å². The predicted octanol–water partition coefficient (Wildman–Crippen LogP) is 3.86. The monoisotopic (exact) mass is 384 g/mol. The number of carbonyl (C=O) groups is 2. The topological polar surface area (TPSA) is 49.4 Å². The number of hydrogen-bond donors (Lipinski definition) is 1. The molecular formula is C22H25ClN2O2. The number of piperidine rings is 1. The van der Waals surface area contributed by atoms with E-state index in [9.17, 15) is 9.59 Å². The van der Waals surface area contributed by atoms with Crippen LogP contribution in [0.25, 0.3) is 0 Å². The Labute approximate surface area is 165 Å². The number of nitrogens with one attached hydrogen (secondary N) is 1. The lowest BCUT2D eigenvalue weighted by Gasteiger charge is -2.32. The van der Waals surface area contributed by atoms with Gasteiger partial charge < -0.3 is 10.2 Å². The van der Waals surface area contributed by atoms with E-state index in [0.29, 0.717) is 30.2 Å². The molecule has 1 aliphatic rings. The molecule has 4 nitrogen and oxygen atoms in total. The first kappa shape index (κ1) is 19.4. The van der Waals surface area contributed by atoms with Crippen molar-refractivity contribution in [2.45, 2.75) is 26.2 Å². The number of amides is 2. The third-order valence-electron chi connectivity index (χ3n) is 4.98. The first-order valence-electron chi connectivity index (χ1n) is 9.41. The second kappa shape index (κ2) is 9.05. The quantitative estimate of drug-likeness (QED) is 0.850. The SMILES string of the molecule is Cc1ccc(CCNC(=O)C2CCCN(C(=O)c3cccc(Cl)c3)C2)cc1. The van der Waals surface area contributed by atoms with Gasteiger partial charge in [-0.2, -0.15) is 0 Å². The molecule has 0 spiro atoms. The third-order valence-corrected chi connectivity index (χ3v) is 5.22. The number of hydrogen-bond acceptors (Lipinski definition) is 2. The van der Waals surface area contributed by atoms with Crippen LogP contribution in [-0.2, 0) is 11.2 Å². The van der Waals surface area contributed by atoms with Crippen molar-refractivity contribution < 1.29 is 9.59 Å². The van der Waals surface area contributed by atoms with E-state index in [0.717, 1.165) is 19.3 Å². The molecular weight excluding hydrogens is 360 g/mol. The zero-order chi connectivity index (χ0) is 19.2. The molecule has 1 atom stereocenters. The van der Waals surface area contributed by atoms with Gasteiger partial charge in [-0.25, -0.2) is 0 Å². The molecule has 1 saturated heterocycles. The van der Waals surface area contributed by atoms with E-state index in [2.05, 4.69) is 36.5 Å². The number of aryl methyl sites for hydroxylation is 1. The molecule has 2 amide bonds. The minimum atomic E-state index is -0.153. The van der Waals surface area contributed by atoms with Gasteiger partial charge in [0, 0.05) is 30.2 Å². The molecule has 3 rings (SSSR count). The predicted molar refractivity (Wildman–Crippen MR) is 108 cm³/mol. The normalized spacial score (nSPS) is 16.8. The highest BCUT2D eigenvalue weighted by Gasteiger charge is 2.28. The lowest BCUT2D eigenvalue weighted by atomic mass is 9.96. The fourth-order valence-corrected chi connectivity index (χ4v) is 3.60. The molecule has 0 aliphatic carbocycles. The van der Waals surface area contributed by atoms with E-state index in [-0.39, 0.29) is 17.7 Å². The second-order valence-corrected chi connectivity index (χ2v) is 7.56. The molecule has 27 heavy (non-hydrogen) atoms. The summed E-state index contributed by atoms with van der Waals surface area (Å²) in [6.45, 7) is 3.81. The van der Waals surface area contributed by atoms with Gasteiger partial charge in [-0.1, -0.05) is 47.5 Å². The van der Waals surface area contributed by atoms with Crippen molar-refractivity contribution >= 4 is 23.4 Å². The Morgan fingerprint density at radius 1 is 1.19 bits per heavy atom. The highest BCUT2D eigenvalue weighted by atomic mass is 35.5. The number of likely N-dealkylation sites (tertiary alicyclic amines) is 1. The van der Waals surface area contributed by atoms with Crippen molar-refractivity contribution in [3.63, 3.8) is 0 Å². The zero-order valence-corrected chi connectivity index (χ0v) is 16.3. The maximum Gasteiger partial charge on any atom is 0.253 e. The Bertz CT molecular complexity index is 804. The Hall–Kier alpha value is -2.33. The summed E-state index contributed by atoms with van der Waals surface area (Å²) in [5.41, 5.74) is 3.01. The molecule has 1 fully saturated rings. The van der Waals surface area contributed by atoms with Crippen LogP contribution in [0.1, 0.15) is 34.3 Å². The number of rotatable bonds is 5. The summed E-state index contributed by atoms with van der Waals surface area (Å²) in [5, 5.41) is 3.57. The average molecular weight is 385 g/mol. The van der Waals surface area contributed by atoms with E-state index in [1.165, 1.54) is 11.1 Å². The lowest BCUT2D eigenvalue weighted by molar-refractivity contribution is -0.126. The summed E-state index contributed by atoms with van der Waals surface area (Å²) < 4.78 is 0. The van der Waals surface area contributed by atoms with Crippen LogP contribution in [0.2, 0.25) is 5.02 Å². The van der Waals surface area contributed by atoms with Crippen molar-refractivity contribution in [2.75, 3.05) is 19.6 Å². The van der Waals surface area contributed by atoms with Gasteiger partial charge in [-0.05, 0) is 49.9 Å². The number of nitrogens with zero attached hydrogens (tertiary/aromatic N) is 1. The van der Waals surface area contributed by atoms with Crippen LogP contribution in [0.3, 0.4) is 0 Å². The molecule has 142 valence electrons. The summed E-state index contributed by atoms with van der Waals surface area (Å²) in [4.78, 5) is 27.0. The minimum absolute atomic E-state index is 0.0331. The minimum Gasteiger partial charge on any atom is -0.355 e. The molecule has 2 aromatic rings. The lowest BCUT2D eigenvalue weighted by Crippen LogP contribution is -2.45. The Morgan fingerprint density at radius 3 is 2.70 bits per heavy atom. The molecule has 0 aromatic heterocycles. The Balaban J connectivity index is 1.51. The van der Waals surface area contributed by atoms with Crippen molar-refractivity contribution in [1.82, 2.24) is 10.2 Å². The molecule has 0 bridgehead atoms. The summed E-state index contributed by atoms with van der Waals surface area (Å²) >= 11 is 5.99. The summed E-state index contributed by atoms with van der Waals surface area (Å²) in [7, 11) is 0. The highest BCUT2D eigenvalue weighted by Crippen LogP contribution is 2.20. The summed E-state index contributed by atoms with van der Waals surface area (Å²) in [6.07, 6.45) is 2.46. The molecule has 0 saturated carbocycles. The van der Waals surface area contributed by atoms with Crippen LogP contribution in [0.15, 0.2) is 48.5 Å². The van der Waals surface area contributed by atoms with Gasteiger partial charge in [0.1, 0.15) is 0 Å². The number of halogens is 1. The van der Waals surface area contributed by atoms with Crippen molar-refractivity contribution in [2.24, 2.45) is 5.92 Å². The van der Waals surface area contributed by atoms with Crippen LogP contribution in [-0.4, -0.2) is 36.3 Å². The van der Waals surface area contributed by atoms with Gasteiger partial charge in [0.05, 0.1) is 5.92 Å². The van der Waals surface area contributed by atoms with E-state index in [1.807, 2.05) is 0 Å². The fourth-order valence-electron chi connectivity index (χ4n) is 3.41. The van der Waals surface area contributed by atoms with Crippen molar-refractivity contribution in [3.8, 4) is 0 Å². The molecule has 1 N–H and O–H groups in total. The van der Waals surface area contributed by atoms with Crippen LogP contribution in [0, 0.1) is 12.8 Å². The first-order valence-corrected chi connectivity index (χ1v) is 9.79. The largest absolute Gasteiger partial charge is 0.355 e. The average Bonchev–Trinajstić information content (AvgIpc) is 2.69. The van der Waals surface area contributed by atoms with Gasteiger partial charge in [0.25, 0.3) is 5.91 Å². The van der Waals surface area contributed by atoms with Crippen LogP contribution in [0.4, 0.5) is 0 Å². The van der Waals surface area contributed by atoms with Gasteiger partial charge in [-0.15, -0.1) is 0 Å². The van der Waals surface area contributed by atoms with Gasteiger partial charge in [0.2, 0.25) is 5.91 Å². The second-order valence-electron chi connectivity index (χ2n) is 7.13. The number of carbonyl (C=O) groups excluding carboxylic acids is 2. The van der Waals surface area contributed by atoms with Gasteiger partial charge >= 0.3 is 0 Å². The maximum absolute atomic E-state index is 12.7. The first-order chi connectivity index (χ1) is 13.0. The van der Waals surface area contributed by atoms with Gasteiger partial charge in [0.15, 0.2) is 0 Å². The van der Waals surface area contributed by atoms with E-state index in [4.69, 9.17) is 11.6 Å². The zero-order valence-electron chi connectivity index (χ0n) is 15.6. The molecule has 1 heterocycles. The molecule has 1 unspecified atom stereocenters. The molecule has 5 heteroatoms. The van der Waals surface area contributed by atoms with E-state index in [1.54, 1.807) is 29.2 Å². The molecule has 1 aliphatic heterocycles. The van der Waals surface area contributed by atoms with Crippen LogP contribution in [0.5, 0.6) is 0 Å². The molecule has 2 aromatic carbocycles. The standard InChI is InChI=1S/C22H25ClN2O2/c1-16-7-9-17(10-8-16)11-12-24-21(26)19-5-3-13-25(15-19)22(27)18-4-2-6-20(23)14-18/h2,4,6-10,14,19H,3,5,11-13,15H2,1H3,(H,24,26). The maximum atomic E-state index is 12.7. The summed E-state index contributed by atoms with van der Waals surface area (Å²) in [5.74, 6) is -0.180. The highest BCUT2D eigenvalue weighted by molar-refractivity contribution is 6.30. The Morgan fingerprint density at radius 2 is 1.96 bits per heavy atom. The number of benzene rings is 2. The van der Waals surface area contributed by atoms with Gasteiger partial charge in [-0.3, -0.25) is 9.59 Å². The van der Waals surface area contributed by atoms with E-state index < -0.39 is 0 Å². The van der Waals surface area contributed by atoms with Crippen molar-refractivity contribution in [3.05, 3.63) is 70.2 Å². The smallest absolute Gasteiger partial charge is 0.253 e. The third kappa shape index (κ3) is 5.33. The Kier molecular flexibility index (Phi) is 6.51. The molecule has 0 radical (unpaired) electrons.